The molecule has 0 aliphatic rings. The number of hydrogen-bond acceptors (Lipinski definition) is 4. The minimum Gasteiger partial charge on any atom is -0.506 e. The molecular weight excluding hydrogens is 198 g/mol. The monoisotopic (exact) mass is 204 g/mol. The molecule has 0 unspecified atom stereocenters. The lowest BCUT2D eigenvalue weighted by Gasteiger charge is -2.05. The Morgan fingerprint density at radius 3 is 2.43 bits per heavy atom. The predicted molar refractivity (Wildman–Crippen MR) is 41.0 cm³/mol. The zero-order chi connectivity index (χ0) is 10.9. The lowest BCUT2D eigenvalue weighted by atomic mass is 10.2. The van der Waals surface area contributed by atoms with Crippen LogP contribution in [0.15, 0.2) is 6.07 Å². The Bertz CT molecular complexity index is 381. The van der Waals surface area contributed by atoms with E-state index in [2.05, 4.69) is 4.98 Å². The molecule has 0 aliphatic carbocycles. The molecule has 1 aromatic rings. The number of carbonyl (C=O) groups is 1. The van der Waals surface area contributed by atoms with Crippen molar-refractivity contribution in [1.29, 1.82) is 0 Å². The maximum atomic E-state index is 12.1. The average Bonchev–Trinajstić information content (AvgIpc) is 2.02. The van der Waals surface area contributed by atoms with Crippen molar-refractivity contribution in [2.75, 3.05) is 0 Å². The van der Waals surface area contributed by atoms with E-state index < -0.39 is 35.2 Å². The summed E-state index contributed by atoms with van der Waals surface area (Å²) in [6, 6.07) is 0.592. The van der Waals surface area contributed by atoms with Gasteiger partial charge in [-0.25, -0.2) is 13.8 Å². The van der Waals surface area contributed by atoms with Gasteiger partial charge in [-0.1, -0.05) is 0 Å². The van der Waals surface area contributed by atoms with Crippen LogP contribution in [-0.2, 0) is 0 Å². The molecule has 1 aromatic heterocycles. The number of halogens is 2. The van der Waals surface area contributed by atoms with Crippen LogP contribution in [-0.4, -0.2) is 21.1 Å². The van der Waals surface area contributed by atoms with Gasteiger partial charge in [-0.05, 0) is 0 Å². The van der Waals surface area contributed by atoms with Crippen molar-refractivity contribution < 1.29 is 23.8 Å². The summed E-state index contributed by atoms with van der Waals surface area (Å²) in [5.41, 5.74) is 3.06. The third-order valence-electron chi connectivity index (χ3n) is 1.45. The minimum absolute atomic E-state index is 0.592. The molecule has 1 rings (SSSR count). The highest BCUT2D eigenvalue weighted by molar-refractivity contribution is 5.93. The molecule has 0 aliphatic heterocycles. The second-order valence-corrected chi connectivity index (χ2v) is 2.43. The van der Waals surface area contributed by atoms with Gasteiger partial charge in [-0.15, -0.1) is 0 Å². The van der Waals surface area contributed by atoms with Crippen LogP contribution in [0.2, 0.25) is 0 Å². The minimum atomic E-state index is -3.05. The van der Waals surface area contributed by atoms with Crippen LogP contribution >= 0.6 is 0 Å². The molecule has 7 heteroatoms. The number of aromatic nitrogens is 1. The van der Waals surface area contributed by atoms with Crippen LogP contribution in [0.1, 0.15) is 22.6 Å². The van der Waals surface area contributed by atoms with Crippen molar-refractivity contribution in [3.63, 3.8) is 0 Å². The lowest BCUT2D eigenvalue weighted by Crippen LogP contribution is -2.14. The second-order valence-electron chi connectivity index (χ2n) is 2.43. The number of primary amides is 1. The van der Waals surface area contributed by atoms with Gasteiger partial charge < -0.3 is 15.9 Å². The summed E-state index contributed by atoms with van der Waals surface area (Å²) in [6.45, 7) is 0. The van der Waals surface area contributed by atoms with E-state index in [1.165, 1.54) is 0 Å². The number of nitrogens with two attached hydrogens (primary N) is 1. The quantitative estimate of drug-likeness (QED) is 0.654. The third kappa shape index (κ3) is 1.70. The fourth-order valence-electron chi connectivity index (χ4n) is 0.849. The molecule has 0 saturated heterocycles. The van der Waals surface area contributed by atoms with Crippen molar-refractivity contribution >= 4 is 5.91 Å². The normalized spacial score (nSPS) is 10.5. The summed E-state index contributed by atoms with van der Waals surface area (Å²) < 4.78 is 24.3. The first kappa shape index (κ1) is 10.2. The number of pyridine rings is 1. The van der Waals surface area contributed by atoms with E-state index in [1.807, 2.05) is 0 Å². The Morgan fingerprint density at radius 1 is 1.43 bits per heavy atom. The van der Waals surface area contributed by atoms with Gasteiger partial charge >= 0.3 is 0 Å². The zero-order valence-electron chi connectivity index (χ0n) is 6.74. The van der Waals surface area contributed by atoms with Gasteiger partial charge in [0.1, 0.15) is 11.4 Å². The van der Waals surface area contributed by atoms with E-state index in [1.54, 1.807) is 0 Å². The number of carbonyl (C=O) groups excluding carboxylic acids is 1. The van der Waals surface area contributed by atoms with Crippen LogP contribution in [0.4, 0.5) is 8.78 Å². The summed E-state index contributed by atoms with van der Waals surface area (Å²) in [6.07, 6.45) is -3.05. The predicted octanol–water partition coefficient (Wildman–Crippen LogP) is 0.529. The highest BCUT2D eigenvalue weighted by Crippen LogP contribution is 2.30. The van der Waals surface area contributed by atoms with Gasteiger partial charge in [-0.2, -0.15) is 0 Å². The van der Waals surface area contributed by atoms with Crippen LogP contribution in [0.25, 0.3) is 0 Å². The number of amides is 1. The van der Waals surface area contributed by atoms with E-state index in [0.29, 0.717) is 6.07 Å². The SMILES string of the molecule is NC(=O)c1nc(C(F)F)c(O)cc1O. The first-order valence-electron chi connectivity index (χ1n) is 3.44. The first-order chi connectivity index (χ1) is 6.43. The Kier molecular flexibility index (Phi) is 2.50. The molecule has 4 N–H and O–H groups in total. The molecule has 0 radical (unpaired) electrons. The molecule has 1 heterocycles. The van der Waals surface area contributed by atoms with Gasteiger partial charge in [0.2, 0.25) is 0 Å². The Balaban J connectivity index is 3.34. The van der Waals surface area contributed by atoms with Gasteiger partial charge in [0.15, 0.2) is 11.4 Å². The number of rotatable bonds is 2. The van der Waals surface area contributed by atoms with E-state index >= 15 is 0 Å². The molecular formula is C7H6F2N2O3. The highest BCUT2D eigenvalue weighted by Gasteiger charge is 2.20. The molecule has 0 bridgehead atoms. The standard InChI is InChI=1S/C7H6F2N2O3/c8-6(9)4-2(12)1-3(13)5(11-4)7(10)14/h1,6,12-13H,(H2,10,14). The van der Waals surface area contributed by atoms with Gasteiger partial charge in [0.25, 0.3) is 12.3 Å². The second kappa shape index (κ2) is 3.44. The Morgan fingerprint density at radius 2 is 2.00 bits per heavy atom. The van der Waals surface area contributed by atoms with E-state index in [9.17, 15) is 13.6 Å². The first-order valence-corrected chi connectivity index (χ1v) is 3.44. The van der Waals surface area contributed by atoms with Gasteiger partial charge in [0.05, 0.1) is 0 Å². The number of alkyl halides is 2. The Hall–Kier alpha value is -1.92. The smallest absolute Gasteiger partial charge is 0.284 e. The number of nitrogens with zero attached hydrogens (tertiary/aromatic N) is 1. The summed E-state index contributed by atoms with van der Waals surface area (Å²) >= 11 is 0. The average molecular weight is 204 g/mol. The molecule has 5 nitrogen and oxygen atoms in total. The molecule has 0 fully saturated rings. The fraction of sp³-hybridized carbons (Fsp3) is 0.143. The van der Waals surface area contributed by atoms with Crippen molar-refractivity contribution in [2.45, 2.75) is 6.43 Å². The van der Waals surface area contributed by atoms with Gasteiger partial charge in [-0.3, -0.25) is 4.79 Å². The number of hydrogen-bond donors (Lipinski definition) is 3. The molecule has 14 heavy (non-hydrogen) atoms. The maximum Gasteiger partial charge on any atom is 0.284 e. The molecule has 0 atom stereocenters. The molecule has 0 aromatic carbocycles. The van der Waals surface area contributed by atoms with E-state index in [0.717, 1.165) is 0 Å². The molecule has 0 saturated carbocycles. The topological polar surface area (TPSA) is 96.4 Å². The van der Waals surface area contributed by atoms with E-state index in [4.69, 9.17) is 15.9 Å². The largest absolute Gasteiger partial charge is 0.506 e. The van der Waals surface area contributed by atoms with Crippen molar-refractivity contribution in [2.24, 2.45) is 5.73 Å². The van der Waals surface area contributed by atoms with E-state index in [-0.39, 0.29) is 0 Å². The van der Waals surface area contributed by atoms with Crippen LogP contribution < -0.4 is 5.73 Å². The van der Waals surface area contributed by atoms with Crippen molar-refractivity contribution in [3.8, 4) is 11.5 Å². The third-order valence-corrected chi connectivity index (χ3v) is 1.45. The number of aromatic hydroxyl groups is 2. The highest BCUT2D eigenvalue weighted by atomic mass is 19.3. The van der Waals surface area contributed by atoms with Crippen LogP contribution in [0.3, 0.4) is 0 Å². The zero-order valence-corrected chi connectivity index (χ0v) is 6.74. The van der Waals surface area contributed by atoms with Crippen LogP contribution in [0, 0.1) is 0 Å². The molecule has 1 amide bonds. The maximum absolute atomic E-state index is 12.1. The van der Waals surface area contributed by atoms with Gasteiger partial charge in [0, 0.05) is 6.07 Å². The summed E-state index contributed by atoms with van der Waals surface area (Å²) in [5.74, 6) is -2.77. The van der Waals surface area contributed by atoms with Crippen molar-refractivity contribution in [3.05, 3.63) is 17.5 Å². The Labute approximate surface area is 76.8 Å². The fourth-order valence-corrected chi connectivity index (χ4v) is 0.849. The molecule has 0 spiro atoms. The summed E-state index contributed by atoms with van der Waals surface area (Å²) in [5, 5.41) is 17.9. The lowest BCUT2D eigenvalue weighted by molar-refractivity contribution is 0.0990. The van der Waals surface area contributed by atoms with Crippen LogP contribution in [0.5, 0.6) is 11.5 Å². The summed E-state index contributed by atoms with van der Waals surface area (Å²) in [7, 11) is 0. The van der Waals surface area contributed by atoms with Crippen molar-refractivity contribution in [1.82, 2.24) is 4.98 Å². The molecule has 76 valence electrons. The summed E-state index contributed by atoms with van der Waals surface area (Å²) in [4.78, 5) is 13.6.